The van der Waals surface area contributed by atoms with E-state index in [0.29, 0.717) is 13.1 Å². The first-order valence-electron chi connectivity index (χ1n) is 1.79. The van der Waals surface area contributed by atoms with Crippen LogP contribution in [-0.2, 0) is 0 Å². The SMILES string of the molecule is C1#[N+]CC#[N+]C1. The van der Waals surface area contributed by atoms with Gasteiger partial charge in [-0.1, -0.05) is 9.69 Å². The molecule has 1 rings (SSSR count). The van der Waals surface area contributed by atoms with Crippen LogP contribution < -0.4 is 0 Å². The molecule has 0 fully saturated rings. The molecule has 1 aliphatic heterocycles. The number of hydrogen-bond donors (Lipinski definition) is 0. The van der Waals surface area contributed by atoms with E-state index in [1.807, 2.05) is 0 Å². The van der Waals surface area contributed by atoms with Gasteiger partial charge in [0.2, 0.25) is 0 Å². The molecular weight excluding hydrogens is 76.1 g/mol. The van der Waals surface area contributed by atoms with Crippen LogP contribution in [0, 0.1) is 12.1 Å². The second-order valence-electron chi connectivity index (χ2n) is 0.949. The average molecular weight is 80.1 g/mol. The molecule has 2 nitrogen and oxygen atoms in total. The average Bonchev–Trinajstić information content (AvgIpc) is 1.72. The molecule has 28 valence electrons. The molecule has 0 radical (unpaired) electrons. The van der Waals surface area contributed by atoms with Crippen LogP contribution in [0.1, 0.15) is 0 Å². The Bertz CT molecular complexity index is 118. The van der Waals surface area contributed by atoms with Gasteiger partial charge in [0.1, 0.15) is 0 Å². The Labute approximate surface area is 36.0 Å². The first kappa shape index (κ1) is 3.18. The molecule has 0 atom stereocenters. The fraction of sp³-hybridized carbons (Fsp3) is 0.500. The van der Waals surface area contributed by atoms with Crippen molar-refractivity contribution in [2.75, 3.05) is 13.1 Å². The fourth-order valence-electron chi connectivity index (χ4n) is 0.283. The second kappa shape index (κ2) is 1.43. The Balaban J connectivity index is 2.57. The number of rotatable bonds is 0. The summed E-state index contributed by atoms with van der Waals surface area (Å²) in [6.07, 6.45) is 0. The largest absolute Gasteiger partial charge is 0.390 e. The lowest BCUT2D eigenvalue weighted by molar-refractivity contribution is 1.47. The molecule has 0 aromatic heterocycles. The minimum absolute atomic E-state index is 0.597. The van der Waals surface area contributed by atoms with Gasteiger partial charge in [-0.2, -0.15) is 0 Å². The van der Waals surface area contributed by atoms with E-state index in [-0.39, 0.29) is 0 Å². The third-order valence-electron chi connectivity index (χ3n) is 0.523. The van der Waals surface area contributed by atoms with Gasteiger partial charge in [-0.25, -0.2) is 0 Å². The van der Waals surface area contributed by atoms with Crippen molar-refractivity contribution in [3.8, 4) is 12.1 Å². The minimum Gasteiger partial charge on any atom is -0.0541 e. The van der Waals surface area contributed by atoms with Crippen molar-refractivity contribution < 1.29 is 0 Å². The first-order chi connectivity index (χ1) is 3.00. The van der Waals surface area contributed by atoms with Crippen LogP contribution >= 0.6 is 0 Å². The molecule has 0 amide bonds. The molecule has 0 aliphatic carbocycles. The van der Waals surface area contributed by atoms with Crippen molar-refractivity contribution in [2.24, 2.45) is 0 Å². The van der Waals surface area contributed by atoms with Gasteiger partial charge in [-0.05, 0) is 0 Å². The predicted molar refractivity (Wildman–Crippen MR) is 24.2 cm³/mol. The molecular formula is C4H4N2+2. The maximum atomic E-state index is 3.72. The molecule has 2 heteroatoms. The normalized spacial score (nSPS) is 13.3. The monoisotopic (exact) mass is 80.0 g/mol. The van der Waals surface area contributed by atoms with E-state index in [1.54, 1.807) is 0 Å². The standard InChI is InChI=1S/C4H4N2/c1-2-6-4-3-5-1/h1,4H2/q+2. The molecule has 0 saturated heterocycles. The third kappa shape index (κ3) is 0.471. The number of hydrogen-bond acceptors (Lipinski definition) is 0. The number of nitrogens with zero attached hydrogens (tertiary/aromatic N) is 2. The van der Waals surface area contributed by atoms with Crippen LogP contribution in [0.4, 0.5) is 0 Å². The third-order valence-corrected chi connectivity index (χ3v) is 0.523. The molecule has 0 N–H and O–H groups in total. The summed E-state index contributed by atoms with van der Waals surface area (Å²) >= 11 is 0. The molecule has 1 aliphatic rings. The summed E-state index contributed by atoms with van der Waals surface area (Å²) < 4.78 is 0. The van der Waals surface area contributed by atoms with E-state index in [2.05, 4.69) is 21.8 Å². The van der Waals surface area contributed by atoms with Crippen LogP contribution in [0.15, 0.2) is 0 Å². The van der Waals surface area contributed by atoms with Crippen molar-refractivity contribution >= 4 is 0 Å². The lowest BCUT2D eigenvalue weighted by Gasteiger charge is -1.50. The van der Waals surface area contributed by atoms with Gasteiger partial charge >= 0.3 is 25.2 Å². The summed E-state index contributed by atoms with van der Waals surface area (Å²) in [4.78, 5) is 7.44. The van der Waals surface area contributed by atoms with Crippen LogP contribution in [0.25, 0.3) is 9.69 Å². The summed E-state index contributed by atoms with van der Waals surface area (Å²) in [7, 11) is 0. The van der Waals surface area contributed by atoms with Crippen molar-refractivity contribution in [1.29, 1.82) is 0 Å². The summed E-state index contributed by atoms with van der Waals surface area (Å²) in [5.74, 6) is 0. The lowest BCUT2D eigenvalue weighted by Crippen LogP contribution is -1.74. The highest BCUT2D eigenvalue weighted by Gasteiger charge is 2.00. The van der Waals surface area contributed by atoms with Crippen LogP contribution in [0.5, 0.6) is 0 Å². The van der Waals surface area contributed by atoms with Gasteiger partial charge in [-0.3, -0.25) is 0 Å². The van der Waals surface area contributed by atoms with Crippen LogP contribution in [0.2, 0.25) is 0 Å². The van der Waals surface area contributed by atoms with Gasteiger partial charge in [-0.15, -0.1) is 0 Å². The van der Waals surface area contributed by atoms with Gasteiger partial charge < -0.3 is 0 Å². The van der Waals surface area contributed by atoms with Crippen molar-refractivity contribution in [1.82, 2.24) is 0 Å². The molecule has 0 aromatic carbocycles. The molecule has 1 heterocycles. The maximum Gasteiger partial charge on any atom is 0.390 e. The van der Waals surface area contributed by atoms with E-state index in [1.165, 1.54) is 0 Å². The zero-order valence-corrected chi connectivity index (χ0v) is 3.31. The van der Waals surface area contributed by atoms with Crippen molar-refractivity contribution in [3.63, 3.8) is 0 Å². The summed E-state index contributed by atoms with van der Waals surface area (Å²) in [5.41, 5.74) is 0. The van der Waals surface area contributed by atoms with Crippen LogP contribution in [0.3, 0.4) is 0 Å². The summed E-state index contributed by atoms with van der Waals surface area (Å²) in [6, 6.07) is 5.36. The zero-order chi connectivity index (χ0) is 4.24. The minimum atomic E-state index is 0.597. The highest BCUT2D eigenvalue weighted by molar-refractivity contribution is 5.09. The highest BCUT2D eigenvalue weighted by atomic mass is 14.7. The van der Waals surface area contributed by atoms with Crippen molar-refractivity contribution in [3.05, 3.63) is 9.69 Å². The maximum absolute atomic E-state index is 3.72. The van der Waals surface area contributed by atoms with Gasteiger partial charge in [0.25, 0.3) is 0 Å². The molecule has 0 spiro atoms. The van der Waals surface area contributed by atoms with Gasteiger partial charge in [0, 0.05) is 0 Å². The first-order valence-corrected chi connectivity index (χ1v) is 1.79. The highest BCUT2D eigenvalue weighted by Crippen LogP contribution is 1.76. The topological polar surface area (TPSA) is 8.72 Å². The Morgan fingerprint density at radius 2 is 1.50 bits per heavy atom. The van der Waals surface area contributed by atoms with E-state index in [4.69, 9.17) is 0 Å². The van der Waals surface area contributed by atoms with E-state index in [0.717, 1.165) is 0 Å². The smallest absolute Gasteiger partial charge is 0.0541 e. The van der Waals surface area contributed by atoms with E-state index >= 15 is 0 Å². The predicted octanol–water partition coefficient (Wildman–Crippen LogP) is 0.666. The Morgan fingerprint density at radius 3 is 1.67 bits per heavy atom. The van der Waals surface area contributed by atoms with Crippen LogP contribution in [-0.4, -0.2) is 13.1 Å². The summed E-state index contributed by atoms with van der Waals surface area (Å²) in [6.45, 7) is 1.19. The molecule has 0 bridgehead atoms. The second-order valence-corrected chi connectivity index (χ2v) is 0.949. The quantitative estimate of drug-likeness (QED) is 0.378. The lowest BCUT2D eigenvalue weighted by atomic mass is 10.6. The van der Waals surface area contributed by atoms with Gasteiger partial charge in [0.05, 0.1) is 0 Å². The zero-order valence-electron chi connectivity index (χ0n) is 3.31. The van der Waals surface area contributed by atoms with E-state index < -0.39 is 0 Å². The van der Waals surface area contributed by atoms with Crippen molar-refractivity contribution in [2.45, 2.75) is 0 Å². The molecule has 0 unspecified atom stereocenters. The summed E-state index contributed by atoms with van der Waals surface area (Å²) in [5, 5.41) is 0. The molecule has 6 heavy (non-hydrogen) atoms. The van der Waals surface area contributed by atoms with E-state index in [9.17, 15) is 0 Å². The Hall–Kier alpha value is -1.02. The van der Waals surface area contributed by atoms with Gasteiger partial charge in [0.15, 0.2) is 0 Å². The molecule has 0 saturated carbocycles. The molecule has 0 aromatic rings. The Kier molecular flexibility index (Phi) is 0.756. The fourth-order valence-corrected chi connectivity index (χ4v) is 0.283. The Morgan fingerprint density at radius 1 is 1.00 bits per heavy atom.